The van der Waals surface area contributed by atoms with Gasteiger partial charge in [0, 0.05) is 18.3 Å². The first-order valence-electron chi connectivity index (χ1n) is 11.0. The van der Waals surface area contributed by atoms with Gasteiger partial charge in [0.15, 0.2) is 0 Å². The standard InChI is InChI=1S/C20H34N8O7/c1-10(29)16(28-17(31)12(22)6-11-8-24-9-25-11)19(33)26-13(4-2-3-5-21)18(32)27-14(20(34)35)7-15(23)30/h8-10,12-14,16,29H,2-7,21-22H2,1H3,(H2,23,30)(H,24,25)(H,26,33)(H,27,32)(H,28,31)(H,34,35). The van der Waals surface area contributed by atoms with E-state index in [4.69, 9.17) is 17.2 Å². The lowest BCUT2D eigenvalue weighted by Gasteiger charge is -2.26. The molecule has 15 nitrogen and oxygen atoms in total. The Labute approximate surface area is 201 Å². The normalized spacial score (nSPS) is 15.2. The number of hydrogen-bond acceptors (Lipinski definition) is 9. The van der Waals surface area contributed by atoms with Crippen molar-refractivity contribution < 1.29 is 34.2 Å². The van der Waals surface area contributed by atoms with Gasteiger partial charge in [0.2, 0.25) is 23.6 Å². The van der Waals surface area contributed by atoms with Gasteiger partial charge in [-0.3, -0.25) is 19.2 Å². The zero-order chi connectivity index (χ0) is 26.5. The number of primary amides is 1. The van der Waals surface area contributed by atoms with E-state index in [-0.39, 0.29) is 12.8 Å². The minimum absolute atomic E-state index is 0.0809. The van der Waals surface area contributed by atoms with Gasteiger partial charge >= 0.3 is 5.97 Å². The number of imidazole rings is 1. The molecule has 0 fully saturated rings. The average Bonchev–Trinajstić information content (AvgIpc) is 3.28. The number of unbranched alkanes of at least 4 members (excludes halogenated alkanes) is 1. The molecule has 4 amide bonds. The quantitative estimate of drug-likeness (QED) is 0.100. The topological polar surface area (TPSA) is 269 Å². The van der Waals surface area contributed by atoms with Crippen molar-refractivity contribution in [2.24, 2.45) is 17.2 Å². The SMILES string of the molecule is CC(O)C(NC(=O)C(N)Cc1cnc[nH]1)C(=O)NC(CCCCN)C(=O)NC(CC(N)=O)C(=O)O. The predicted molar refractivity (Wildman–Crippen MR) is 122 cm³/mol. The molecule has 1 heterocycles. The second-order valence-corrected chi connectivity index (χ2v) is 8.03. The Balaban J connectivity index is 2.91. The lowest BCUT2D eigenvalue weighted by Crippen LogP contribution is -2.60. The molecule has 0 aliphatic heterocycles. The Morgan fingerprint density at radius 3 is 2.23 bits per heavy atom. The van der Waals surface area contributed by atoms with Crippen molar-refractivity contribution in [1.82, 2.24) is 25.9 Å². The summed E-state index contributed by atoms with van der Waals surface area (Å²) in [5.74, 6) is -4.92. The summed E-state index contributed by atoms with van der Waals surface area (Å²) in [5, 5.41) is 26.2. The van der Waals surface area contributed by atoms with Crippen LogP contribution in [0.2, 0.25) is 0 Å². The highest BCUT2D eigenvalue weighted by Crippen LogP contribution is 2.05. The molecule has 0 bridgehead atoms. The second kappa shape index (κ2) is 14.6. The van der Waals surface area contributed by atoms with Crippen LogP contribution in [0.15, 0.2) is 12.5 Å². The van der Waals surface area contributed by atoms with Crippen LogP contribution < -0.4 is 33.2 Å². The van der Waals surface area contributed by atoms with Gasteiger partial charge in [0.1, 0.15) is 18.1 Å². The van der Waals surface area contributed by atoms with Crippen LogP contribution in [0.25, 0.3) is 0 Å². The van der Waals surface area contributed by atoms with E-state index in [0.29, 0.717) is 25.1 Å². The molecule has 5 atom stereocenters. The number of aliphatic carboxylic acids is 1. The Bertz CT molecular complexity index is 862. The van der Waals surface area contributed by atoms with Crippen molar-refractivity contribution in [3.05, 3.63) is 18.2 Å². The number of H-pyrrole nitrogens is 1. The smallest absolute Gasteiger partial charge is 0.326 e. The number of hydrogen-bond donors (Lipinski definition) is 9. The first-order chi connectivity index (χ1) is 16.5. The van der Waals surface area contributed by atoms with Crippen LogP contribution in [0.3, 0.4) is 0 Å². The van der Waals surface area contributed by atoms with E-state index in [1.54, 1.807) is 0 Å². The first kappa shape index (κ1) is 29.5. The lowest BCUT2D eigenvalue weighted by atomic mass is 10.0. The average molecular weight is 499 g/mol. The van der Waals surface area contributed by atoms with Gasteiger partial charge < -0.3 is 48.3 Å². The van der Waals surface area contributed by atoms with E-state index in [0.717, 1.165) is 0 Å². The van der Waals surface area contributed by atoms with Crippen molar-refractivity contribution in [2.75, 3.05) is 6.54 Å². The summed E-state index contributed by atoms with van der Waals surface area (Å²) in [7, 11) is 0. The van der Waals surface area contributed by atoms with Crippen molar-refractivity contribution >= 4 is 29.6 Å². The Morgan fingerprint density at radius 2 is 1.71 bits per heavy atom. The van der Waals surface area contributed by atoms with Crippen LogP contribution in [0, 0.1) is 0 Å². The molecule has 15 heteroatoms. The molecule has 0 aliphatic rings. The Kier molecular flexibility index (Phi) is 12.3. The van der Waals surface area contributed by atoms with Gasteiger partial charge in [-0.25, -0.2) is 9.78 Å². The second-order valence-electron chi connectivity index (χ2n) is 8.03. The van der Waals surface area contributed by atoms with Crippen LogP contribution >= 0.6 is 0 Å². The summed E-state index contributed by atoms with van der Waals surface area (Å²) in [5.41, 5.74) is 17.0. The lowest BCUT2D eigenvalue weighted by molar-refractivity contribution is -0.144. The van der Waals surface area contributed by atoms with E-state index >= 15 is 0 Å². The number of aromatic amines is 1. The Morgan fingerprint density at radius 1 is 1.06 bits per heavy atom. The van der Waals surface area contributed by atoms with E-state index in [1.807, 2.05) is 0 Å². The van der Waals surface area contributed by atoms with Crippen molar-refractivity contribution in [2.45, 2.75) is 69.3 Å². The number of rotatable bonds is 16. The fraction of sp³-hybridized carbons (Fsp3) is 0.600. The number of amides is 4. The highest BCUT2D eigenvalue weighted by molar-refractivity contribution is 5.95. The summed E-state index contributed by atoms with van der Waals surface area (Å²) in [6, 6.07) is -5.35. The fourth-order valence-electron chi connectivity index (χ4n) is 3.09. The molecule has 1 aromatic heterocycles. The third-order valence-corrected chi connectivity index (χ3v) is 4.99. The van der Waals surface area contributed by atoms with Crippen LogP contribution in [-0.2, 0) is 30.4 Å². The minimum atomic E-state index is -1.60. The van der Waals surface area contributed by atoms with Crippen molar-refractivity contribution in [3.63, 3.8) is 0 Å². The number of aromatic nitrogens is 2. The molecule has 0 saturated heterocycles. The molecule has 0 saturated carbocycles. The zero-order valence-corrected chi connectivity index (χ0v) is 19.4. The molecule has 0 spiro atoms. The number of carbonyl (C=O) groups is 5. The number of aliphatic hydroxyl groups is 1. The molecule has 0 aromatic carbocycles. The largest absolute Gasteiger partial charge is 0.480 e. The van der Waals surface area contributed by atoms with Gasteiger partial charge in [0.05, 0.1) is 24.9 Å². The van der Waals surface area contributed by atoms with E-state index < -0.39 is 66.3 Å². The number of nitrogens with two attached hydrogens (primary N) is 3. The first-order valence-corrected chi connectivity index (χ1v) is 11.0. The number of carboxylic acids is 1. The zero-order valence-electron chi connectivity index (χ0n) is 19.4. The van der Waals surface area contributed by atoms with Gasteiger partial charge in [-0.15, -0.1) is 0 Å². The third-order valence-electron chi connectivity index (χ3n) is 4.99. The molecule has 196 valence electrons. The molecule has 35 heavy (non-hydrogen) atoms. The summed E-state index contributed by atoms with van der Waals surface area (Å²) in [6.45, 7) is 1.59. The van der Waals surface area contributed by atoms with Crippen molar-refractivity contribution in [3.8, 4) is 0 Å². The molecule has 12 N–H and O–H groups in total. The van der Waals surface area contributed by atoms with E-state index in [9.17, 15) is 34.2 Å². The molecule has 5 unspecified atom stereocenters. The fourth-order valence-corrected chi connectivity index (χ4v) is 3.09. The summed E-state index contributed by atoms with van der Waals surface area (Å²) in [6.07, 6.45) is 2.00. The molecule has 1 rings (SSSR count). The van der Waals surface area contributed by atoms with Crippen molar-refractivity contribution in [1.29, 1.82) is 0 Å². The maximum Gasteiger partial charge on any atom is 0.326 e. The maximum atomic E-state index is 12.9. The summed E-state index contributed by atoms with van der Waals surface area (Å²) >= 11 is 0. The van der Waals surface area contributed by atoms with Crippen LogP contribution in [0.5, 0.6) is 0 Å². The highest BCUT2D eigenvalue weighted by Gasteiger charge is 2.32. The minimum Gasteiger partial charge on any atom is -0.480 e. The highest BCUT2D eigenvalue weighted by atomic mass is 16.4. The number of carboxylic acid groups (broad SMARTS) is 1. The van der Waals surface area contributed by atoms with Gasteiger partial charge in [-0.2, -0.15) is 0 Å². The van der Waals surface area contributed by atoms with Crippen LogP contribution in [0.4, 0.5) is 0 Å². The number of aliphatic hydroxyl groups excluding tert-OH is 1. The predicted octanol–water partition coefficient (Wildman–Crippen LogP) is -3.80. The molecule has 1 aromatic rings. The Hall–Kier alpha value is -3.56. The van der Waals surface area contributed by atoms with E-state index in [1.165, 1.54) is 19.4 Å². The molecule has 0 aliphatic carbocycles. The van der Waals surface area contributed by atoms with Gasteiger partial charge in [0.25, 0.3) is 0 Å². The summed E-state index contributed by atoms with van der Waals surface area (Å²) < 4.78 is 0. The van der Waals surface area contributed by atoms with Crippen LogP contribution in [-0.4, -0.2) is 86.6 Å². The van der Waals surface area contributed by atoms with Crippen LogP contribution in [0.1, 0.15) is 38.3 Å². The van der Waals surface area contributed by atoms with E-state index in [2.05, 4.69) is 25.9 Å². The number of nitrogens with zero attached hydrogens (tertiary/aromatic N) is 1. The molecular weight excluding hydrogens is 464 g/mol. The monoisotopic (exact) mass is 498 g/mol. The number of carbonyl (C=O) groups excluding carboxylic acids is 4. The van der Waals surface area contributed by atoms with Gasteiger partial charge in [-0.1, -0.05) is 0 Å². The molecular formula is C20H34N8O7. The molecule has 0 radical (unpaired) electrons. The summed E-state index contributed by atoms with van der Waals surface area (Å²) in [4.78, 5) is 67.1. The number of nitrogens with one attached hydrogen (secondary N) is 4. The maximum absolute atomic E-state index is 12.9. The van der Waals surface area contributed by atoms with Gasteiger partial charge in [-0.05, 0) is 32.7 Å². The third kappa shape index (κ3) is 10.5.